The zero-order chi connectivity index (χ0) is 10.7. The summed E-state index contributed by atoms with van der Waals surface area (Å²) in [4.78, 5) is 11.1. The summed E-state index contributed by atoms with van der Waals surface area (Å²) in [6.45, 7) is 1.48. The molecule has 14 heavy (non-hydrogen) atoms. The summed E-state index contributed by atoms with van der Waals surface area (Å²) in [6.07, 6.45) is 0. The summed E-state index contributed by atoms with van der Waals surface area (Å²) in [5.41, 5.74) is 0.834. The molecule has 1 rings (SSSR count). The molecule has 0 fully saturated rings. The number of benzene rings is 1. The fourth-order valence-electron chi connectivity index (χ4n) is 1.06. The molecule has 0 aliphatic heterocycles. The van der Waals surface area contributed by atoms with Crippen molar-refractivity contribution in [1.82, 2.24) is 0 Å². The van der Waals surface area contributed by atoms with Crippen LogP contribution < -0.4 is 4.74 Å². The lowest BCUT2D eigenvalue weighted by Crippen LogP contribution is -2.03. The second kappa shape index (κ2) is 4.98. The van der Waals surface area contributed by atoms with Gasteiger partial charge in [-0.15, -0.1) is 11.6 Å². The summed E-state index contributed by atoms with van der Waals surface area (Å²) < 4.78 is 6.00. The van der Waals surface area contributed by atoms with Crippen molar-refractivity contribution in [3.8, 4) is 5.75 Å². The predicted molar refractivity (Wildman–Crippen MR) is 65.0 cm³/mol. The molecule has 0 spiro atoms. The molecule has 0 aliphatic carbocycles. The van der Waals surface area contributed by atoms with Crippen molar-refractivity contribution in [2.24, 2.45) is 0 Å². The van der Waals surface area contributed by atoms with Crippen LogP contribution in [0.4, 0.5) is 0 Å². The predicted octanol–water partition coefficient (Wildman–Crippen LogP) is 3.17. The van der Waals surface area contributed by atoms with E-state index in [9.17, 15) is 4.79 Å². The molecule has 0 saturated heterocycles. The maximum Gasteiger partial charge on any atom is 0.152 e. The van der Waals surface area contributed by atoms with Crippen LogP contribution in [0, 0.1) is 3.57 Å². The smallest absolute Gasteiger partial charge is 0.152 e. The molecule has 0 N–H and O–H groups in total. The van der Waals surface area contributed by atoms with Gasteiger partial charge in [0.05, 0.1) is 7.11 Å². The summed E-state index contributed by atoms with van der Waals surface area (Å²) in [7, 11) is 1.61. The third-order valence-electron chi connectivity index (χ3n) is 1.84. The average Bonchev–Trinajstić information content (AvgIpc) is 2.16. The monoisotopic (exact) mass is 324 g/mol. The van der Waals surface area contributed by atoms with E-state index in [0.29, 0.717) is 0 Å². The van der Waals surface area contributed by atoms with Crippen LogP contribution >= 0.6 is 34.2 Å². The Balaban J connectivity index is 3.05. The molecule has 2 nitrogen and oxygen atoms in total. The van der Waals surface area contributed by atoms with Crippen LogP contribution in [0.5, 0.6) is 5.75 Å². The molecular formula is C10H10ClIO2. The zero-order valence-corrected chi connectivity index (χ0v) is 10.8. The Kier molecular flexibility index (Phi) is 4.19. The number of alkyl halides is 1. The van der Waals surface area contributed by atoms with Crippen LogP contribution in [-0.4, -0.2) is 12.9 Å². The number of Topliss-reactive ketones (excluding diaryl/α,β-unsaturated/α-hetero) is 1. The van der Waals surface area contributed by atoms with Crippen molar-refractivity contribution in [3.63, 3.8) is 0 Å². The first-order chi connectivity index (χ1) is 6.56. The van der Waals surface area contributed by atoms with Crippen LogP contribution in [-0.2, 0) is 4.79 Å². The van der Waals surface area contributed by atoms with Crippen LogP contribution in [0.25, 0.3) is 0 Å². The van der Waals surface area contributed by atoms with Crippen molar-refractivity contribution >= 4 is 40.0 Å². The lowest BCUT2D eigenvalue weighted by Gasteiger charge is -2.09. The van der Waals surface area contributed by atoms with E-state index >= 15 is 0 Å². The molecule has 0 heterocycles. The normalized spacial score (nSPS) is 12.3. The molecular weight excluding hydrogens is 314 g/mol. The van der Waals surface area contributed by atoms with Gasteiger partial charge in [-0.2, -0.15) is 0 Å². The number of carbonyl (C=O) groups excluding carboxylic acids is 1. The highest BCUT2D eigenvalue weighted by atomic mass is 127. The number of methoxy groups -OCH3 is 1. The molecule has 0 aromatic heterocycles. The first kappa shape index (κ1) is 11.8. The van der Waals surface area contributed by atoms with E-state index in [0.717, 1.165) is 14.9 Å². The maximum atomic E-state index is 11.1. The number of carbonyl (C=O) groups is 1. The SMILES string of the molecule is COc1ccc(C(Cl)C(C)=O)c(I)c1. The second-order valence-corrected chi connectivity index (χ2v) is 4.46. The number of halogens is 2. The van der Waals surface area contributed by atoms with Gasteiger partial charge in [0.15, 0.2) is 5.78 Å². The Morgan fingerprint density at radius 3 is 2.64 bits per heavy atom. The van der Waals surface area contributed by atoms with Crippen LogP contribution in [0.1, 0.15) is 17.9 Å². The van der Waals surface area contributed by atoms with Crippen molar-refractivity contribution in [3.05, 3.63) is 27.3 Å². The van der Waals surface area contributed by atoms with Gasteiger partial charge in [-0.1, -0.05) is 6.07 Å². The zero-order valence-electron chi connectivity index (χ0n) is 7.88. The lowest BCUT2D eigenvalue weighted by atomic mass is 10.1. The third-order valence-corrected chi connectivity index (χ3v) is 3.31. The van der Waals surface area contributed by atoms with Crippen molar-refractivity contribution < 1.29 is 9.53 Å². The first-order valence-corrected chi connectivity index (χ1v) is 5.55. The highest BCUT2D eigenvalue weighted by Crippen LogP contribution is 2.28. The van der Waals surface area contributed by atoms with Crippen LogP contribution in [0.3, 0.4) is 0 Å². The molecule has 0 saturated carbocycles. The minimum atomic E-state index is -0.562. The van der Waals surface area contributed by atoms with Gasteiger partial charge in [0.25, 0.3) is 0 Å². The van der Waals surface area contributed by atoms with Gasteiger partial charge in [0.1, 0.15) is 11.1 Å². The fourth-order valence-corrected chi connectivity index (χ4v) is 2.23. The Hall–Kier alpha value is -0.290. The summed E-state index contributed by atoms with van der Waals surface area (Å²) in [6, 6.07) is 5.48. The van der Waals surface area contributed by atoms with Crippen molar-refractivity contribution in [1.29, 1.82) is 0 Å². The quantitative estimate of drug-likeness (QED) is 0.630. The highest BCUT2D eigenvalue weighted by Gasteiger charge is 2.16. The van der Waals surface area contributed by atoms with E-state index in [1.165, 1.54) is 6.92 Å². The summed E-state index contributed by atoms with van der Waals surface area (Å²) in [5, 5.41) is -0.562. The maximum absolute atomic E-state index is 11.1. The van der Waals surface area contributed by atoms with Gasteiger partial charge in [-0.25, -0.2) is 0 Å². The molecule has 0 amide bonds. The van der Waals surface area contributed by atoms with Gasteiger partial charge < -0.3 is 4.74 Å². The standard InChI is InChI=1S/C10H10ClIO2/c1-6(13)10(11)8-4-3-7(14-2)5-9(8)12/h3-5,10H,1-2H3. The number of rotatable bonds is 3. The average molecular weight is 325 g/mol. The molecule has 0 radical (unpaired) electrons. The van der Waals surface area contributed by atoms with E-state index in [-0.39, 0.29) is 5.78 Å². The van der Waals surface area contributed by atoms with E-state index in [2.05, 4.69) is 22.6 Å². The Morgan fingerprint density at radius 1 is 1.57 bits per heavy atom. The van der Waals surface area contributed by atoms with E-state index in [1.54, 1.807) is 13.2 Å². The van der Waals surface area contributed by atoms with Gasteiger partial charge in [0.2, 0.25) is 0 Å². The highest BCUT2D eigenvalue weighted by molar-refractivity contribution is 14.1. The number of hydrogen-bond acceptors (Lipinski definition) is 2. The number of ketones is 1. The van der Waals surface area contributed by atoms with Crippen LogP contribution in [0.2, 0.25) is 0 Å². The number of hydrogen-bond donors (Lipinski definition) is 0. The topological polar surface area (TPSA) is 26.3 Å². The van der Waals surface area contributed by atoms with Gasteiger partial charge >= 0.3 is 0 Å². The van der Waals surface area contributed by atoms with Crippen molar-refractivity contribution in [2.75, 3.05) is 7.11 Å². The number of ether oxygens (including phenoxy) is 1. The molecule has 0 aliphatic rings. The molecule has 1 atom stereocenters. The lowest BCUT2D eigenvalue weighted by molar-refractivity contribution is -0.116. The first-order valence-electron chi connectivity index (χ1n) is 4.04. The van der Waals surface area contributed by atoms with Gasteiger partial charge in [0, 0.05) is 3.57 Å². The third kappa shape index (κ3) is 2.60. The van der Waals surface area contributed by atoms with Gasteiger partial charge in [-0.05, 0) is 47.2 Å². The summed E-state index contributed by atoms with van der Waals surface area (Å²) in [5.74, 6) is 0.723. The molecule has 0 bridgehead atoms. The van der Waals surface area contributed by atoms with Crippen molar-refractivity contribution in [2.45, 2.75) is 12.3 Å². The summed E-state index contributed by atoms with van der Waals surface area (Å²) >= 11 is 8.09. The molecule has 1 aromatic rings. The second-order valence-electron chi connectivity index (χ2n) is 2.86. The molecule has 1 unspecified atom stereocenters. The largest absolute Gasteiger partial charge is 0.497 e. The molecule has 4 heteroatoms. The van der Waals surface area contributed by atoms with Gasteiger partial charge in [-0.3, -0.25) is 4.79 Å². The van der Waals surface area contributed by atoms with E-state index < -0.39 is 5.38 Å². The Labute approximate surface area is 102 Å². The fraction of sp³-hybridized carbons (Fsp3) is 0.300. The molecule has 76 valence electrons. The Bertz CT molecular complexity index is 352. The minimum absolute atomic E-state index is 0.0465. The van der Waals surface area contributed by atoms with E-state index in [4.69, 9.17) is 16.3 Å². The van der Waals surface area contributed by atoms with Crippen LogP contribution in [0.15, 0.2) is 18.2 Å². The Morgan fingerprint density at radius 2 is 2.21 bits per heavy atom. The minimum Gasteiger partial charge on any atom is -0.497 e. The van der Waals surface area contributed by atoms with E-state index in [1.807, 2.05) is 12.1 Å². The molecule has 1 aromatic carbocycles.